The first-order chi connectivity index (χ1) is 12.0. The number of rotatable bonds is 13. The van der Waals surface area contributed by atoms with E-state index in [0.717, 1.165) is 32.1 Å². The first-order valence-electron chi connectivity index (χ1n) is 9.39. The lowest BCUT2D eigenvalue weighted by molar-refractivity contribution is -0.291. The molecule has 0 spiro atoms. The molecule has 150 valence electrons. The highest BCUT2D eigenvalue weighted by atomic mass is 16.6. The molecule has 0 aliphatic heterocycles. The second kappa shape index (κ2) is 10.8. The van der Waals surface area contributed by atoms with Gasteiger partial charge in [-0.25, -0.2) is 0 Å². The quantitative estimate of drug-likeness (QED) is 0.296. The van der Waals surface area contributed by atoms with Crippen molar-refractivity contribution >= 4 is 0 Å². The maximum atomic E-state index is 11.3. The van der Waals surface area contributed by atoms with Gasteiger partial charge in [-0.05, 0) is 19.3 Å². The lowest BCUT2D eigenvalue weighted by Gasteiger charge is -2.56. The molecule has 7 heteroatoms. The summed E-state index contributed by atoms with van der Waals surface area (Å²) < 4.78 is 11.4. The monoisotopic (exact) mass is 364 g/mol. The standard InChI is InChI=1S/C18H36O7/c1-2-3-9-24-10-11-25-18(15-22,16(12-19,13-20)14-21)17(23)7-5-4-6-8-17/h19-23H,2-15H2,1H3. The van der Waals surface area contributed by atoms with Crippen LogP contribution in [0.1, 0.15) is 51.9 Å². The molecule has 7 nitrogen and oxygen atoms in total. The van der Waals surface area contributed by atoms with Crippen LogP contribution in [0.5, 0.6) is 0 Å². The Bertz CT molecular complexity index is 345. The van der Waals surface area contributed by atoms with Crippen LogP contribution in [0.2, 0.25) is 0 Å². The van der Waals surface area contributed by atoms with Crippen molar-refractivity contribution in [2.45, 2.75) is 63.1 Å². The second-order valence-corrected chi connectivity index (χ2v) is 7.15. The molecule has 5 N–H and O–H groups in total. The van der Waals surface area contributed by atoms with E-state index in [9.17, 15) is 25.5 Å². The molecule has 1 aliphatic carbocycles. The van der Waals surface area contributed by atoms with Crippen LogP contribution in [0.3, 0.4) is 0 Å². The first kappa shape index (κ1) is 22.8. The molecule has 0 radical (unpaired) electrons. The Labute approximate surface area is 150 Å². The molecule has 0 heterocycles. The van der Waals surface area contributed by atoms with Gasteiger partial charge in [-0.15, -0.1) is 0 Å². The number of hydrogen-bond acceptors (Lipinski definition) is 7. The van der Waals surface area contributed by atoms with E-state index in [2.05, 4.69) is 6.92 Å². The maximum absolute atomic E-state index is 11.3. The minimum absolute atomic E-state index is 0.0916. The topological polar surface area (TPSA) is 120 Å². The smallest absolute Gasteiger partial charge is 0.132 e. The van der Waals surface area contributed by atoms with Gasteiger partial charge in [0, 0.05) is 6.61 Å². The number of aliphatic hydroxyl groups excluding tert-OH is 4. The Hall–Kier alpha value is -0.280. The number of unbranched alkanes of at least 4 members (excludes halogenated alkanes) is 1. The Morgan fingerprint density at radius 1 is 0.840 bits per heavy atom. The lowest BCUT2D eigenvalue weighted by Crippen LogP contribution is -2.71. The van der Waals surface area contributed by atoms with Crippen molar-refractivity contribution in [2.75, 3.05) is 46.2 Å². The number of ether oxygens (including phenoxy) is 2. The van der Waals surface area contributed by atoms with Crippen molar-refractivity contribution in [3.8, 4) is 0 Å². The van der Waals surface area contributed by atoms with Gasteiger partial charge < -0.3 is 35.0 Å². The van der Waals surface area contributed by atoms with E-state index in [1.807, 2.05) is 0 Å². The highest BCUT2D eigenvalue weighted by Crippen LogP contribution is 2.48. The van der Waals surface area contributed by atoms with E-state index in [4.69, 9.17) is 9.47 Å². The molecule has 0 amide bonds. The maximum Gasteiger partial charge on any atom is 0.132 e. The molecule has 1 rings (SSSR count). The van der Waals surface area contributed by atoms with Gasteiger partial charge >= 0.3 is 0 Å². The fourth-order valence-corrected chi connectivity index (χ4v) is 3.84. The van der Waals surface area contributed by atoms with Gasteiger partial charge in [0.25, 0.3) is 0 Å². The van der Waals surface area contributed by atoms with Crippen molar-refractivity contribution in [3.05, 3.63) is 0 Å². The van der Waals surface area contributed by atoms with Crippen molar-refractivity contribution in [1.82, 2.24) is 0 Å². The molecule has 1 atom stereocenters. The number of aliphatic hydroxyl groups is 5. The average molecular weight is 364 g/mol. The van der Waals surface area contributed by atoms with Gasteiger partial charge in [0.15, 0.2) is 0 Å². The van der Waals surface area contributed by atoms with E-state index in [-0.39, 0.29) is 13.2 Å². The summed E-state index contributed by atoms with van der Waals surface area (Å²) in [6.45, 7) is 0.581. The summed E-state index contributed by atoms with van der Waals surface area (Å²) in [7, 11) is 0. The van der Waals surface area contributed by atoms with E-state index < -0.39 is 43.0 Å². The van der Waals surface area contributed by atoms with Crippen LogP contribution < -0.4 is 0 Å². The molecule has 1 fully saturated rings. The van der Waals surface area contributed by atoms with Gasteiger partial charge in [-0.2, -0.15) is 0 Å². The molecule has 1 saturated carbocycles. The minimum atomic E-state index is -1.66. The molecule has 1 unspecified atom stereocenters. The van der Waals surface area contributed by atoms with Crippen LogP contribution in [-0.2, 0) is 9.47 Å². The summed E-state index contributed by atoms with van der Waals surface area (Å²) in [6.07, 6.45) is 5.19. The number of hydrogen-bond donors (Lipinski definition) is 5. The average Bonchev–Trinajstić information content (AvgIpc) is 2.64. The van der Waals surface area contributed by atoms with E-state index in [1.165, 1.54) is 0 Å². The summed E-state index contributed by atoms with van der Waals surface area (Å²) >= 11 is 0. The molecule has 1 aliphatic rings. The molecule has 0 aromatic carbocycles. The molecular weight excluding hydrogens is 328 g/mol. The predicted molar refractivity (Wildman–Crippen MR) is 93.2 cm³/mol. The third-order valence-corrected chi connectivity index (χ3v) is 5.64. The first-order valence-corrected chi connectivity index (χ1v) is 9.39. The molecule has 0 aromatic heterocycles. The summed E-state index contributed by atoms with van der Waals surface area (Å²) in [4.78, 5) is 0. The van der Waals surface area contributed by atoms with E-state index >= 15 is 0 Å². The Morgan fingerprint density at radius 2 is 1.44 bits per heavy atom. The summed E-state index contributed by atoms with van der Waals surface area (Å²) in [5.41, 5.74) is -4.65. The SMILES string of the molecule is CCCCOCCOC(CO)(C1(O)CCCCC1)C(CO)(CO)CO. The third kappa shape index (κ3) is 4.71. The van der Waals surface area contributed by atoms with Crippen LogP contribution in [-0.4, -0.2) is 83.0 Å². The van der Waals surface area contributed by atoms with Crippen molar-refractivity contribution in [2.24, 2.45) is 5.41 Å². The predicted octanol–water partition coefficient (Wildman–Crippen LogP) is 0.209. The van der Waals surface area contributed by atoms with Crippen LogP contribution >= 0.6 is 0 Å². The fourth-order valence-electron chi connectivity index (χ4n) is 3.84. The lowest BCUT2D eigenvalue weighted by atomic mass is 9.60. The minimum Gasteiger partial charge on any atom is -0.395 e. The largest absolute Gasteiger partial charge is 0.395 e. The van der Waals surface area contributed by atoms with Gasteiger partial charge in [-0.3, -0.25) is 0 Å². The van der Waals surface area contributed by atoms with Gasteiger partial charge in [-0.1, -0.05) is 32.6 Å². The van der Waals surface area contributed by atoms with Gasteiger partial charge in [0.1, 0.15) is 5.60 Å². The van der Waals surface area contributed by atoms with E-state index in [0.29, 0.717) is 19.4 Å². The Kier molecular flexibility index (Phi) is 9.80. The van der Waals surface area contributed by atoms with Gasteiger partial charge in [0.2, 0.25) is 0 Å². The molecule has 0 saturated heterocycles. The Balaban J connectivity index is 3.02. The molecule has 25 heavy (non-hydrogen) atoms. The zero-order chi connectivity index (χ0) is 18.8. The van der Waals surface area contributed by atoms with Crippen molar-refractivity contribution in [3.63, 3.8) is 0 Å². The van der Waals surface area contributed by atoms with E-state index in [1.54, 1.807) is 0 Å². The van der Waals surface area contributed by atoms with Crippen LogP contribution in [0.25, 0.3) is 0 Å². The summed E-state index contributed by atoms with van der Waals surface area (Å²) in [5, 5.41) is 51.2. The normalized spacial score (nSPS) is 20.4. The van der Waals surface area contributed by atoms with Crippen LogP contribution in [0, 0.1) is 5.41 Å². The zero-order valence-corrected chi connectivity index (χ0v) is 15.5. The zero-order valence-electron chi connectivity index (χ0n) is 15.5. The van der Waals surface area contributed by atoms with Gasteiger partial charge in [0.05, 0.1) is 50.7 Å². The van der Waals surface area contributed by atoms with Crippen LogP contribution in [0.15, 0.2) is 0 Å². The fraction of sp³-hybridized carbons (Fsp3) is 1.00. The third-order valence-electron chi connectivity index (χ3n) is 5.64. The summed E-state index contributed by atoms with van der Waals surface area (Å²) in [6, 6.07) is 0. The van der Waals surface area contributed by atoms with Crippen molar-refractivity contribution < 1.29 is 35.0 Å². The van der Waals surface area contributed by atoms with Crippen molar-refractivity contribution in [1.29, 1.82) is 0 Å². The molecular formula is C18H36O7. The highest BCUT2D eigenvalue weighted by molar-refractivity contribution is 5.12. The highest BCUT2D eigenvalue weighted by Gasteiger charge is 2.63. The molecule has 0 bridgehead atoms. The van der Waals surface area contributed by atoms with Crippen LogP contribution in [0.4, 0.5) is 0 Å². The Morgan fingerprint density at radius 3 is 1.92 bits per heavy atom. The molecule has 0 aromatic rings. The summed E-state index contributed by atoms with van der Waals surface area (Å²) in [5.74, 6) is 0. The second-order valence-electron chi connectivity index (χ2n) is 7.15.